The predicted octanol–water partition coefficient (Wildman–Crippen LogP) is 4.06. The third kappa shape index (κ3) is 5.24. The Bertz CT molecular complexity index is 659. The van der Waals surface area contributed by atoms with E-state index in [1.807, 2.05) is 25.1 Å². The van der Waals surface area contributed by atoms with Crippen LogP contribution in [0.2, 0.25) is 0 Å². The Hall–Kier alpha value is -2.64. The highest BCUT2D eigenvalue weighted by Gasteiger charge is 2.15. The third-order valence-electron chi connectivity index (χ3n) is 3.43. The highest BCUT2D eigenvalue weighted by atomic mass is 17.2. The molecule has 0 N–H and O–H groups in total. The largest absolute Gasteiger partial charge is 0.373 e. The van der Waals surface area contributed by atoms with Gasteiger partial charge in [-0.2, -0.15) is 10.1 Å². The predicted molar refractivity (Wildman–Crippen MR) is 86.5 cm³/mol. The van der Waals surface area contributed by atoms with Crippen LogP contribution in [0.5, 0.6) is 0 Å². The minimum atomic E-state index is -0.494. The number of carbonyl (C=O) groups excluding carboxylic acids is 1. The van der Waals surface area contributed by atoms with Gasteiger partial charge in [0.15, 0.2) is 0 Å². The molecular formula is C19H19NO3. The summed E-state index contributed by atoms with van der Waals surface area (Å²) in [4.78, 5) is 22.2. The molecular weight excluding hydrogens is 290 g/mol. The summed E-state index contributed by atoms with van der Waals surface area (Å²) in [5.41, 5.74) is 2.12. The molecule has 0 saturated carbocycles. The number of benzene rings is 2. The molecule has 0 saturated heterocycles. The van der Waals surface area contributed by atoms with Crippen LogP contribution in [0, 0.1) is 11.3 Å². The molecule has 0 bridgehead atoms. The lowest BCUT2D eigenvalue weighted by Crippen LogP contribution is -2.19. The lowest BCUT2D eigenvalue weighted by Gasteiger charge is -2.15. The molecule has 2 aromatic carbocycles. The molecule has 0 spiro atoms. The molecule has 0 aromatic heterocycles. The Kier molecular flexibility index (Phi) is 6.34. The molecule has 0 aliphatic rings. The van der Waals surface area contributed by atoms with E-state index in [1.54, 1.807) is 36.4 Å². The minimum absolute atomic E-state index is 0.208. The normalized spacial score (nSPS) is 11.5. The molecule has 0 aliphatic carbocycles. The Balaban J connectivity index is 1.93. The van der Waals surface area contributed by atoms with E-state index in [0.29, 0.717) is 17.5 Å². The van der Waals surface area contributed by atoms with Crippen molar-refractivity contribution in [2.75, 3.05) is 0 Å². The molecule has 0 heterocycles. The Morgan fingerprint density at radius 2 is 1.83 bits per heavy atom. The van der Waals surface area contributed by atoms with Crippen LogP contribution in [0.15, 0.2) is 54.6 Å². The molecule has 0 amide bonds. The molecule has 0 aliphatic heterocycles. The summed E-state index contributed by atoms with van der Waals surface area (Å²) >= 11 is 0. The lowest BCUT2D eigenvalue weighted by atomic mass is 10.0. The maximum absolute atomic E-state index is 11.9. The smallest absolute Gasteiger partial charge is 0.293 e. The van der Waals surface area contributed by atoms with Gasteiger partial charge in [-0.1, -0.05) is 43.7 Å². The molecule has 0 radical (unpaired) electrons. The average Bonchev–Trinajstić information content (AvgIpc) is 2.61. The first kappa shape index (κ1) is 16.7. The second-order valence-corrected chi connectivity index (χ2v) is 5.26. The molecule has 2 aromatic rings. The summed E-state index contributed by atoms with van der Waals surface area (Å²) in [6.45, 7) is 2.05. The van der Waals surface area contributed by atoms with Gasteiger partial charge in [-0.3, -0.25) is 4.89 Å². The maximum Gasteiger partial charge on any atom is 0.373 e. The Morgan fingerprint density at radius 3 is 2.43 bits per heavy atom. The van der Waals surface area contributed by atoms with Crippen molar-refractivity contribution in [2.45, 2.75) is 32.3 Å². The fourth-order valence-electron chi connectivity index (χ4n) is 2.22. The van der Waals surface area contributed by atoms with Gasteiger partial charge >= 0.3 is 5.97 Å². The Labute approximate surface area is 136 Å². The standard InChI is InChI=1S/C19H19NO3/c1-2-6-18(13-15-9-11-16(14-20)12-10-15)22-23-19(21)17-7-4-3-5-8-17/h3-5,7-12,18H,2,6,13H2,1H3. The number of nitriles is 1. The highest BCUT2D eigenvalue weighted by molar-refractivity contribution is 5.88. The van der Waals surface area contributed by atoms with E-state index in [2.05, 4.69) is 6.07 Å². The van der Waals surface area contributed by atoms with E-state index in [-0.39, 0.29) is 6.10 Å². The topological polar surface area (TPSA) is 59.3 Å². The third-order valence-corrected chi connectivity index (χ3v) is 3.43. The van der Waals surface area contributed by atoms with E-state index in [1.165, 1.54) is 0 Å². The summed E-state index contributed by atoms with van der Waals surface area (Å²) in [6.07, 6.45) is 2.12. The number of hydrogen-bond acceptors (Lipinski definition) is 4. The van der Waals surface area contributed by atoms with Gasteiger partial charge in [0, 0.05) is 6.42 Å². The average molecular weight is 309 g/mol. The second kappa shape index (κ2) is 8.72. The van der Waals surface area contributed by atoms with Crippen molar-refractivity contribution >= 4 is 5.97 Å². The number of hydrogen-bond donors (Lipinski definition) is 0. The first-order chi connectivity index (χ1) is 11.2. The molecule has 118 valence electrons. The van der Waals surface area contributed by atoms with E-state index in [9.17, 15) is 4.79 Å². The van der Waals surface area contributed by atoms with Crippen LogP contribution in [0.4, 0.5) is 0 Å². The Morgan fingerprint density at radius 1 is 1.13 bits per heavy atom. The molecule has 1 atom stereocenters. The highest BCUT2D eigenvalue weighted by Crippen LogP contribution is 2.13. The first-order valence-corrected chi connectivity index (χ1v) is 7.64. The van der Waals surface area contributed by atoms with Gasteiger partial charge in [0.05, 0.1) is 17.2 Å². The van der Waals surface area contributed by atoms with Crippen molar-refractivity contribution < 1.29 is 14.6 Å². The first-order valence-electron chi connectivity index (χ1n) is 7.64. The molecule has 1 unspecified atom stereocenters. The molecule has 2 rings (SSSR count). The van der Waals surface area contributed by atoms with Gasteiger partial charge in [0.25, 0.3) is 0 Å². The zero-order chi connectivity index (χ0) is 16.5. The summed E-state index contributed by atoms with van der Waals surface area (Å²) in [6, 6.07) is 18.2. The summed E-state index contributed by atoms with van der Waals surface area (Å²) in [7, 11) is 0. The van der Waals surface area contributed by atoms with Crippen molar-refractivity contribution in [3.05, 3.63) is 71.3 Å². The van der Waals surface area contributed by atoms with Crippen LogP contribution in [0.1, 0.15) is 41.3 Å². The number of carbonyl (C=O) groups is 1. The molecule has 4 heteroatoms. The lowest BCUT2D eigenvalue weighted by molar-refractivity contribution is -0.275. The zero-order valence-electron chi connectivity index (χ0n) is 13.1. The SMILES string of the molecule is CCCC(Cc1ccc(C#N)cc1)OOC(=O)c1ccccc1. The van der Waals surface area contributed by atoms with Gasteiger partial charge in [-0.05, 0) is 36.2 Å². The van der Waals surface area contributed by atoms with E-state index < -0.39 is 5.97 Å². The van der Waals surface area contributed by atoms with Crippen LogP contribution in [-0.4, -0.2) is 12.1 Å². The molecule has 23 heavy (non-hydrogen) atoms. The number of rotatable bonds is 7. The monoisotopic (exact) mass is 309 g/mol. The van der Waals surface area contributed by atoms with Gasteiger partial charge in [-0.15, -0.1) is 0 Å². The van der Waals surface area contributed by atoms with E-state index >= 15 is 0 Å². The van der Waals surface area contributed by atoms with Gasteiger partial charge in [0.1, 0.15) is 6.10 Å². The van der Waals surface area contributed by atoms with Crippen LogP contribution in [0.25, 0.3) is 0 Å². The van der Waals surface area contributed by atoms with E-state index in [0.717, 1.165) is 18.4 Å². The second-order valence-electron chi connectivity index (χ2n) is 5.26. The van der Waals surface area contributed by atoms with Crippen molar-refractivity contribution in [2.24, 2.45) is 0 Å². The summed E-state index contributed by atoms with van der Waals surface area (Å²) < 4.78 is 0. The molecule has 4 nitrogen and oxygen atoms in total. The fourth-order valence-corrected chi connectivity index (χ4v) is 2.22. The van der Waals surface area contributed by atoms with Crippen LogP contribution < -0.4 is 0 Å². The summed E-state index contributed by atoms with van der Waals surface area (Å²) in [5, 5.41) is 8.82. The van der Waals surface area contributed by atoms with Crippen molar-refractivity contribution in [1.29, 1.82) is 5.26 Å². The van der Waals surface area contributed by atoms with Crippen LogP contribution in [-0.2, 0) is 16.2 Å². The number of nitrogens with zero attached hydrogens (tertiary/aromatic N) is 1. The van der Waals surface area contributed by atoms with E-state index in [4.69, 9.17) is 15.0 Å². The van der Waals surface area contributed by atoms with Gasteiger partial charge < -0.3 is 0 Å². The summed E-state index contributed by atoms with van der Waals surface area (Å²) in [5.74, 6) is -0.494. The zero-order valence-corrected chi connectivity index (χ0v) is 13.1. The van der Waals surface area contributed by atoms with Crippen molar-refractivity contribution in [3.63, 3.8) is 0 Å². The maximum atomic E-state index is 11.9. The van der Waals surface area contributed by atoms with Gasteiger partial charge in [-0.25, -0.2) is 4.79 Å². The van der Waals surface area contributed by atoms with Crippen LogP contribution >= 0.6 is 0 Å². The van der Waals surface area contributed by atoms with Crippen molar-refractivity contribution in [1.82, 2.24) is 0 Å². The van der Waals surface area contributed by atoms with Crippen LogP contribution in [0.3, 0.4) is 0 Å². The van der Waals surface area contributed by atoms with Gasteiger partial charge in [0.2, 0.25) is 0 Å². The van der Waals surface area contributed by atoms with Crippen molar-refractivity contribution in [3.8, 4) is 6.07 Å². The fraction of sp³-hybridized carbons (Fsp3) is 0.263. The molecule has 0 fully saturated rings. The quantitative estimate of drug-likeness (QED) is 0.571. The minimum Gasteiger partial charge on any atom is -0.293 e.